The summed E-state index contributed by atoms with van der Waals surface area (Å²) < 4.78 is 2.12. The molecular weight excluding hydrogens is 414 g/mol. The quantitative estimate of drug-likeness (QED) is 0.590. The number of piperidine rings is 1. The molecule has 1 N–H and O–H groups in total. The number of likely N-dealkylation sites (tertiary alicyclic amines) is 1. The normalized spacial score (nSPS) is 15.2. The van der Waals surface area contributed by atoms with Gasteiger partial charge in [0.1, 0.15) is 5.82 Å². The molecule has 7 heteroatoms. The van der Waals surface area contributed by atoms with Crippen LogP contribution in [-0.4, -0.2) is 58.4 Å². The Labute approximate surface area is 194 Å². The summed E-state index contributed by atoms with van der Waals surface area (Å²) in [5, 5.41) is 4.08. The highest BCUT2D eigenvalue weighted by Gasteiger charge is 2.23. The Morgan fingerprint density at radius 2 is 1.91 bits per heavy atom. The minimum Gasteiger partial charge on any atom is -0.346 e. The number of nitrogens with one attached hydrogen (secondary N) is 1. The molecule has 1 fully saturated rings. The second-order valence-corrected chi connectivity index (χ2v) is 8.82. The summed E-state index contributed by atoms with van der Waals surface area (Å²) in [6.07, 6.45) is 6.71. The molecule has 0 atom stereocenters. The number of hydrogen-bond donors (Lipinski definition) is 1. The molecule has 1 saturated heterocycles. The predicted molar refractivity (Wildman–Crippen MR) is 132 cm³/mol. The van der Waals surface area contributed by atoms with Gasteiger partial charge in [-0.15, -0.1) is 0 Å². The zero-order valence-corrected chi connectivity index (χ0v) is 19.5. The van der Waals surface area contributed by atoms with Crippen LogP contribution in [0.2, 0.25) is 0 Å². The zero-order valence-electron chi connectivity index (χ0n) is 19.5. The lowest BCUT2D eigenvalue weighted by Crippen LogP contribution is -2.36. The number of aryl methyl sites for hydroxylation is 1. The summed E-state index contributed by atoms with van der Waals surface area (Å²) in [5.74, 6) is 0.525. The Morgan fingerprint density at radius 1 is 1.15 bits per heavy atom. The summed E-state index contributed by atoms with van der Waals surface area (Å²) in [4.78, 5) is 33.3. The highest BCUT2D eigenvalue weighted by Crippen LogP contribution is 2.20. The van der Waals surface area contributed by atoms with Gasteiger partial charge < -0.3 is 19.7 Å². The van der Waals surface area contributed by atoms with Gasteiger partial charge in [0, 0.05) is 43.5 Å². The van der Waals surface area contributed by atoms with Crippen molar-refractivity contribution in [2.45, 2.75) is 19.4 Å². The monoisotopic (exact) mass is 445 g/mol. The molecule has 0 spiro atoms. The summed E-state index contributed by atoms with van der Waals surface area (Å²) in [7, 11) is 5.89. The van der Waals surface area contributed by atoms with Crippen molar-refractivity contribution >= 4 is 34.6 Å². The van der Waals surface area contributed by atoms with Crippen LogP contribution in [0.5, 0.6) is 0 Å². The minimum atomic E-state index is -0.0834. The first-order valence-corrected chi connectivity index (χ1v) is 11.3. The molecule has 1 aliphatic heterocycles. The average Bonchev–Trinajstić information content (AvgIpc) is 3.14. The van der Waals surface area contributed by atoms with Crippen molar-refractivity contribution in [1.29, 1.82) is 0 Å². The lowest BCUT2D eigenvalue weighted by atomic mass is 9.96. The number of para-hydroxylation sites is 1. The van der Waals surface area contributed by atoms with Gasteiger partial charge in [-0.2, -0.15) is 0 Å². The van der Waals surface area contributed by atoms with Crippen LogP contribution < -0.4 is 5.32 Å². The van der Waals surface area contributed by atoms with E-state index in [4.69, 9.17) is 0 Å². The Morgan fingerprint density at radius 3 is 2.61 bits per heavy atom. The molecule has 1 aromatic carbocycles. The van der Waals surface area contributed by atoms with Crippen LogP contribution in [0.4, 0.5) is 5.82 Å². The van der Waals surface area contributed by atoms with Gasteiger partial charge in [-0.1, -0.05) is 18.2 Å². The van der Waals surface area contributed by atoms with Crippen molar-refractivity contribution in [2.24, 2.45) is 13.0 Å². The molecule has 0 radical (unpaired) electrons. The molecule has 1 aliphatic rings. The van der Waals surface area contributed by atoms with E-state index in [9.17, 15) is 9.59 Å². The number of pyridine rings is 1. The minimum absolute atomic E-state index is 0.0315. The maximum absolute atomic E-state index is 12.6. The van der Waals surface area contributed by atoms with Crippen LogP contribution in [-0.2, 0) is 23.2 Å². The van der Waals surface area contributed by atoms with Crippen molar-refractivity contribution < 1.29 is 9.59 Å². The highest BCUT2D eigenvalue weighted by atomic mass is 16.2. The standard InChI is InChI=1S/C26H31N5O2/c1-29-14-12-20(13-15-29)26(33)28-24-10-8-19(17-27-24)9-11-25(32)30(2)18-22-16-21-6-4-5-7-23(21)31(22)3/h4-11,16-17,20H,12-15,18H2,1-3H3,(H,27,28,33)/b11-9+. The molecule has 3 heterocycles. The Bertz CT molecular complexity index is 1160. The number of anilines is 1. The summed E-state index contributed by atoms with van der Waals surface area (Å²) in [6.45, 7) is 2.41. The van der Waals surface area contributed by atoms with Gasteiger partial charge in [0.2, 0.25) is 11.8 Å². The van der Waals surface area contributed by atoms with E-state index in [1.807, 2.05) is 25.2 Å². The van der Waals surface area contributed by atoms with E-state index in [-0.39, 0.29) is 17.7 Å². The SMILES string of the molecule is CN1CCC(C(=O)Nc2ccc(/C=C/C(=O)N(C)Cc3cc4ccccc4n3C)cn2)CC1. The maximum Gasteiger partial charge on any atom is 0.246 e. The van der Waals surface area contributed by atoms with Gasteiger partial charge in [-0.25, -0.2) is 4.98 Å². The van der Waals surface area contributed by atoms with Crippen LogP contribution in [0, 0.1) is 5.92 Å². The van der Waals surface area contributed by atoms with Crippen LogP contribution in [0.1, 0.15) is 24.1 Å². The van der Waals surface area contributed by atoms with E-state index in [1.54, 1.807) is 36.4 Å². The van der Waals surface area contributed by atoms with Gasteiger partial charge >= 0.3 is 0 Å². The van der Waals surface area contributed by atoms with Crippen molar-refractivity contribution in [1.82, 2.24) is 19.4 Å². The molecule has 0 unspecified atom stereocenters. The van der Waals surface area contributed by atoms with E-state index in [0.717, 1.165) is 42.7 Å². The fourth-order valence-electron chi connectivity index (χ4n) is 4.19. The molecule has 0 aliphatic carbocycles. The zero-order chi connectivity index (χ0) is 23.4. The van der Waals surface area contributed by atoms with E-state index < -0.39 is 0 Å². The Hall–Kier alpha value is -3.45. The number of aromatic nitrogens is 2. The van der Waals surface area contributed by atoms with Gasteiger partial charge in [0.15, 0.2) is 0 Å². The second kappa shape index (κ2) is 10.0. The van der Waals surface area contributed by atoms with E-state index in [1.165, 1.54) is 5.39 Å². The first-order chi connectivity index (χ1) is 15.9. The lowest BCUT2D eigenvalue weighted by molar-refractivity contribution is -0.125. The number of fused-ring (bicyclic) bond motifs is 1. The number of rotatable bonds is 6. The molecule has 2 aromatic heterocycles. The van der Waals surface area contributed by atoms with E-state index in [2.05, 4.69) is 45.0 Å². The number of carbonyl (C=O) groups is 2. The highest BCUT2D eigenvalue weighted by molar-refractivity contribution is 5.93. The number of likely N-dealkylation sites (N-methyl/N-ethyl adjacent to an activating group) is 1. The number of carbonyl (C=O) groups excluding carboxylic acids is 2. The molecule has 4 rings (SSSR count). The molecule has 0 saturated carbocycles. The second-order valence-electron chi connectivity index (χ2n) is 8.82. The van der Waals surface area contributed by atoms with Gasteiger partial charge in [-0.05, 0) is 74.3 Å². The predicted octanol–water partition coefficient (Wildman–Crippen LogP) is 3.53. The largest absolute Gasteiger partial charge is 0.346 e. The lowest BCUT2D eigenvalue weighted by Gasteiger charge is -2.27. The molecular formula is C26H31N5O2. The third-order valence-electron chi connectivity index (χ3n) is 6.37. The van der Waals surface area contributed by atoms with Gasteiger partial charge in [0.05, 0.1) is 6.54 Å². The molecule has 172 valence electrons. The summed E-state index contributed by atoms with van der Waals surface area (Å²) in [6, 6.07) is 13.9. The third kappa shape index (κ3) is 5.49. The molecule has 33 heavy (non-hydrogen) atoms. The molecule has 3 aromatic rings. The van der Waals surface area contributed by atoms with Gasteiger partial charge in [-0.3, -0.25) is 9.59 Å². The average molecular weight is 446 g/mol. The molecule has 0 bridgehead atoms. The number of nitrogens with zero attached hydrogens (tertiary/aromatic N) is 4. The number of hydrogen-bond acceptors (Lipinski definition) is 4. The van der Waals surface area contributed by atoms with Crippen molar-refractivity contribution in [2.75, 3.05) is 32.5 Å². The Kier molecular flexibility index (Phi) is 6.89. The van der Waals surface area contributed by atoms with Crippen molar-refractivity contribution in [3.63, 3.8) is 0 Å². The number of amides is 2. The molecule has 7 nitrogen and oxygen atoms in total. The van der Waals surface area contributed by atoms with Crippen LogP contribution in [0.3, 0.4) is 0 Å². The smallest absolute Gasteiger partial charge is 0.246 e. The first-order valence-electron chi connectivity index (χ1n) is 11.3. The fourth-order valence-corrected chi connectivity index (χ4v) is 4.19. The van der Waals surface area contributed by atoms with Crippen LogP contribution in [0.25, 0.3) is 17.0 Å². The van der Waals surface area contributed by atoms with E-state index in [0.29, 0.717) is 12.4 Å². The molecule has 2 amide bonds. The third-order valence-corrected chi connectivity index (χ3v) is 6.37. The van der Waals surface area contributed by atoms with E-state index >= 15 is 0 Å². The summed E-state index contributed by atoms with van der Waals surface area (Å²) in [5.41, 5.74) is 3.03. The number of benzene rings is 1. The van der Waals surface area contributed by atoms with Crippen LogP contribution >= 0.6 is 0 Å². The fraction of sp³-hybridized carbons (Fsp3) is 0.346. The maximum atomic E-state index is 12.6. The van der Waals surface area contributed by atoms with Crippen LogP contribution in [0.15, 0.2) is 54.7 Å². The van der Waals surface area contributed by atoms with Crippen molar-refractivity contribution in [3.05, 3.63) is 66.0 Å². The topological polar surface area (TPSA) is 70.5 Å². The first kappa shape index (κ1) is 22.7. The van der Waals surface area contributed by atoms with Crippen molar-refractivity contribution in [3.8, 4) is 0 Å². The summed E-state index contributed by atoms with van der Waals surface area (Å²) >= 11 is 0. The van der Waals surface area contributed by atoms with Gasteiger partial charge in [0.25, 0.3) is 0 Å². The Balaban J connectivity index is 1.32.